The molecule has 1 rings (SSSR count). The number of halogens is 1. The highest BCUT2D eigenvalue weighted by molar-refractivity contribution is 6.30. The molecule has 0 aliphatic heterocycles. The van der Waals surface area contributed by atoms with Gasteiger partial charge in [0.05, 0.1) is 6.04 Å². The van der Waals surface area contributed by atoms with Crippen LogP contribution in [-0.2, 0) is 9.63 Å². The smallest absolute Gasteiger partial charge is 0.245 e. The number of nitrogens with two attached hydrogens (primary N) is 1. The van der Waals surface area contributed by atoms with E-state index >= 15 is 0 Å². The first-order valence-corrected chi connectivity index (χ1v) is 5.92. The van der Waals surface area contributed by atoms with Crippen LogP contribution in [0.1, 0.15) is 31.4 Å². The third kappa shape index (κ3) is 5.17. The van der Waals surface area contributed by atoms with Crippen LogP contribution in [0.2, 0.25) is 5.02 Å². The molecule has 5 heteroatoms. The normalized spacial score (nSPS) is 12.4. The highest BCUT2D eigenvalue weighted by Crippen LogP contribution is 2.20. The molecule has 1 unspecified atom stereocenters. The zero-order valence-corrected chi connectivity index (χ0v) is 10.5. The molecule has 0 saturated carbocycles. The van der Waals surface area contributed by atoms with Gasteiger partial charge in [-0.1, -0.05) is 37.1 Å². The third-order valence-corrected chi connectivity index (χ3v) is 2.54. The summed E-state index contributed by atoms with van der Waals surface area (Å²) in [7, 11) is 0. The molecule has 3 N–H and O–H groups in total. The van der Waals surface area contributed by atoms with Gasteiger partial charge in [-0.15, -0.1) is 0 Å². The quantitative estimate of drug-likeness (QED) is 0.735. The number of hydrogen-bond donors (Lipinski definition) is 2. The van der Waals surface area contributed by atoms with Gasteiger partial charge in [0.2, 0.25) is 5.91 Å². The van der Waals surface area contributed by atoms with E-state index in [1.54, 1.807) is 0 Å². The van der Waals surface area contributed by atoms with Gasteiger partial charge in [-0.2, -0.15) is 5.48 Å². The minimum absolute atomic E-state index is 0.0385. The largest absolute Gasteiger partial charge is 0.368 e. The Labute approximate surface area is 106 Å². The summed E-state index contributed by atoms with van der Waals surface area (Å²) in [5, 5.41) is 0.696. The molecule has 0 radical (unpaired) electrons. The van der Waals surface area contributed by atoms with E-state index in [0.29, 0.717) is 5.02 Å². The average Bonchev–Trinajstić information content (AvgIpc) is 2.29. The lowest BCUT2D eigenvalue weighted by Crippen LogP contribution is -2.28. The summed E-state index contributed by atoms with van der Waals surface area (Å²) in [4.78, 5) is 15.6. The number of nitrogens with one attached hydrogen (secondary N) is 1. The van der Waals surface area contributed by atoms with Crippen LogP contribution in [0.25, 0.3) is 0 Å². The fourth-order valence-corrected chi connectivity index (χ4v) is 1.62. The summed E-state index contributed by atoms with van der Waals surface area (Å²) in [6.07, 6.45) is 1.90. The second kappa shape index (κ2) is 7.27. The number of primary amides is 1. The summed E-state index contributed by atoms with van der Waals surface area (Å²) in [6.45, 7) is 1.95. The topological polar surface area (TPSA) is 64.3 Å². The van der Waals surface area contributed by atoms with Gasteiger partial charge in [-0.3, -0.25) is 9.63 Å². The zero-order valence-electron chi connectivity index (χ0n) is 9.78. The Morgan fingerprint density at radius 1 is 1.47 bits per heavy atom. The summed E-state index contributed by atoms with van der Waals surface area (Å²) in [6, 6.07) is 7.56. The summed E-state index contributed by atoms with van der Waals surface area (Å²) < 4.78 is 0. The number of rotatable bonds is 7. The molecule has 17 heavy (non-hydrogen) atoms. The molecule has 0 spiro atoms. The van der Waals surface area contributed by atoms with Crippen molar-refractivity contribution in [2.75, 3.05) is 6.61 Å². The van der Waals surface area contributed by atoms with Crippen molar-refractivity contribution in [3.05, 3.63) is 34.9 Å². The molecule has 4 nitrogen and oxygen atoms in total. The predicted octanol–water partition coefficient (Wildman–Crippen LogP) is 2.19. The predicted molar refractivity (Wildman–Crippen MR) is 67.4 cm³/mol. The van der Waals surface area contributed by atoms with Gasteiger partial charge in [0, 0.05) is 5.02 Å². The minimum atomic E-state index is -0.496. The molecule has 1 atom stereocenters. The second-order valence-corrected chi connectivity index (χ2v) is 4.20. The Hall–Kier alpha value is -1.10. The van der Waals surface area contributed by atoms with E-state index in [1.165, 1.54) is 0 Å². The summed E-state index contributed by atoms with van der Waals surface area (Å²) >= 11 is 5.83. The Kier molecular flexibility index (Phi) is 5.97. The lowest BCUT2D eigenvalue weighted by atomic mass is 10.0. The second-order valence-electron chi connectivity index (χ2n) is 3.77. The minimum Gasteiger partial charge on any atom is -0.368 e. The maximum Gasteiger partial charge on any atom is 0.245 e. The van der Waals surface area contributed by atoms with Gasteiger partial charge >= 0.3 is 0 Å². The molecular weight excluding hydrogens is 240 g/mol. The molecule has 1 aromatic rings. The fourth-order valence-electron chi connectivity index (χ4n) is 1.49. The van der Waals surface area contributed by atoms with Crippen LogP contribution in [0.4, 0.5) is 0 Å². The van der Waals surface area contributed by atoms with Crippen molar-refractivity contribution < 1.29 is 9.63 Å². The monoisotopic (exact) mass is 256 g/mol. The molecule has 0 aliphatic rings. The number of carbonyl (C=O) groups is 1. The van der Waals surface area contributed by atoms with E-state index in [1.807, 2.05) is 24.3 Å². The van der Waals surface area contributed by atoms with Gasteiger partial charge < -0.3 is 5.73 Å². The lowest BCUT2D eigenvalue weighted by Gasteiger charge is -2.17. The highest BCUT2D eigenvalue weighted by atomic mass is 35.5. The van der Waals surface area contributed by atoms with Crippen molar-refractivity contribution in [3.63, 3.8) is 0 Å². The highest BCUT2D eigenvalue weighted by Gasteiger charge is 2.10. The molecule has 0 heterocycles. The summed E-state index contributed by atoms with van der Waals surface area (Å²) in [5.41, 5.74) is 8.90. The van der Waals surface area contributed by atoms with Crippen LogP contribution in [0.15, 0.2) is 24.3 Å². The van der Waals surface area contributed by atoms with Crippen LogP contribution in [0.5, 0.6) is 0 Å². The Bertz CT molecular complexity index is 354. The van der Waals surface area contributed by atoms with Gasteiger partial charge in [0.1, 0.15) is 6.61 Å². The average molecular weight is 257 g/mol. The van der Waals surface area contributed by atoms with E-state index in [9.17, 15) is 4.79 Å². The Morgan fingerprint density at radius 2 is 2.12 bits per heavy atom. The maximum absolute atomic E-state index is 10.6. The van der Waals surface area contributed by atoms with E-state index in [-0.39, 0.29) is 12.6 Å². The maximum atomic E-state index is 10.6. The van der Waals surface area contributed by atoms with Crippen molar-refractivity contribution in [1.82, 2.24) is 5.48 Å². The lowest BCUT2D eigenvalue weighted by molar-refractivity contribution is -0.126. The van der Waals surface area contributed by atoms with Crippen LogP contribution in [0.3, 0.4) is 0 Å². The van der Waals surface area contributed by atoms with Crippen molar-refractivity contribution in [3.8, 4) is 0 Å². The molecule has 1 amide bonds. The van der Waals surface area contributed by atoms with E-state index in [4.69, 9.17) is 22.2 Å². The van der Waals surface area contributed by atoms with Crippen LogP contribution in [-0.4, -0.2) is 12.5 Å². The Balaban J connectivity index is 2.58. The van der Waals surface area contributed by atoms with E-state index < -0.39 is 5.91 Å². The molecule has 0 bridgehead atoms. The first-order chi connectivity index (χ1) is 8.13. The molecule has 0 aromatic heterocycles. The standard InChI is InChI=1S/C12H17ClN2O2/c1-2-3-11(15-17-8-12(14)16)9-4-6-10(13)7-5-9/h4-7,11,15H,2-3,8H2,1H3,(H2,14,16). The molecule has 0 aliphatic carbocycles. The van der Waals surface area contributed by atoms with E-state index in [2.05, 4.69) is 12.4 Å². The number of hydrogen-bond acceptors (Lipinski definition) is 3. The first-order valence-electron chi connectivity index (χ1n) is 5.54. The number of benzene rings is 1. The first kappa shape index (κ1) is 14.0. The van der Waals surface area contributed by atoms with Crippen LogP contribution >= 0.6 is 11.6 Å². The third-order valence-electron chi connectivity index (χ3n) is 2.29. The summed E-state index contributed by atoms with van der Waals surface area (Å²) in [5.74, 6) is -0.496. The van der Waals surface area contributed by atoms with Gasteiger partial charge in [-0.25, -0.2) is 0 Å². The zero-order chi connectivity index (χ0) is 12.7. The SMILES string of the molecule is CCCC(NOCC(N)=O)c1ccc(Cl)cc1. The van der Waals surface area contributed by atoms with Crippen LogP contribution < -0.4 is 11.2 Å². The molecular formula is C12H17ClN2O2. The van der Waals surface area contributed by atoms with Crippen molar-refractivity contribution >= 4 is 17.5 Å². The molecule has 0 saturated heterocycles. The molecule has 94 valence electrons. The fraction of sp³-hybridized carbons (Fsp3) is 0.417. The number of carbonyl (C=O) groups excluding carboxylic acids is 1. The Morgan fingerprint density at radius 3 is 2.65 bits per heavy atom. The molecule has 1 aromatic carbocycles. The van der Waals surface area contributed by atoms with Gasteiger partial charge in [-0.05, 0) is 24.1 Å². The molecule has 0 fully saturated rings. The van der Waals surface area contributed by atoms with Crippen molar-refractivity contribution in [2.24, 2.45) is 5.73 Å². The van der Waals surface area contributed by atoms with Gasteiger partial charge in [0.25, 0.3) is 0 Å². The van der Waals surface area contributed by atoms with Crippen molar-refractivity contribution in [2.45, 2.75) is 25.8 Å². The van der Waals surface area contributed by atoms with Crippen molar-refractivity contribution in [1.29, 1.82) is 0 Å². The van der Waals surface area contributed by atoms with E-state index in [0.717, 1.165) is 18.4 Å². The number of amides is 1. The van der Waals surface area contributed by atoms with Gasteiger partial charge in [0.15, 0.2) is 0 Å². The number of hydroxylamine groups is 1. The van der Waals surface area contributed by atoms with Crippen LogP contribution in [0, 0.1) is 0 Å².